The third-order valence-electron chi connectivity index (χ3n) is 2.58. The molecule has 0 heterocycles. The van der Waals surface area contributed by atoms with Gasteiger partial charge in [-0.2, -0.15) is 9.65 Å². The van der Waals surface area contributed by atoms with Gasteiger partial charge in [0.2, 0.25) is 5.82 Å². The summed E-state index contributed by atoms with van der Waals surface area (Å²) in [6.07, 6.45) is 0. The Hall–Kier alpha value is -1.58. The number of hydrogen-bond donors (Lipinski definition) is 0. The molecule has 2 aromatic carbocycles. The van der Waals surface area contributed by atoms with Crippen LogP contribution in [0.4, 0.5) is 8.78 Å². The Bertz CT molecular complexity index is 716. The topological polar surface area (TPSA) is 33.0 Å². The van der Waals surface area contributed by atoms with Crippen molar-refractivity contribution in [3.8, 4) is 17.6 Å². The number of ether oxygens (including phenoxy) is 1. The fourth-order valence-electron chi connectivity index (χ4n) is 1.71. The minimum absolute atomic E-state index is 0.201. The van der Waals surface area contributed by atoms with E-state index >= 15 is 0 Å². The van der Waals surface area contributed by atoms with Crippen LogP contribution in [0.2, 0.25) is 0 Å². The Kier molecular flexibility index (Phi) is 5.21. The molecule has 0 aliphatic carbocycles. The fourth-order valence-corrected chi connectivity index (χ4v) is 2.89. The summed E-state index contributed by atoms with van der Waals surface area (Å²) in [7, 11) is 0. The van der Waals surface area contributed by atoms with Crippen LogP contribution in [0.3, 0.4) is 0 Å². The van der Waals surface area contributed by atoms with E-state index in [9.17, 15) is 14.0 Å². The molecule has 2 nitrogen and oxygen atoms in total. The molecule has 21 heavy (non-hydrogen) atoms. The van der Waals surface area contributed by atoms with E-state index in [0.29, 0.717) is 10.0 Å². The summed E-state index contributed by atoms with van der Waals surface area (Å²) in [5.41, 5.74) is 0.309. The van der Waals surface area contributed by atoms with Gasteiger partial charge in [0.05, 0.1) is 0 Å². The minimum atomic E-state index is -1.09. The van der Waals surface area contributed by atoms with Crippen molar-refractivity contribution < 1.29 is 13.5 Å². The van der Waals surface area contributed by atoms with Crippen LogP contribution in [0.15, 0.2) is 39.7 Å². The molecular formula is C15H10BrF2NOS. The molecule has 108 valence electrons. The predicted molar refractivity (Wildman–Crippen MR) is 81.7 cm³/mol. The van der Waals surface area contributed by atoms with Gasteiger partial charge in [0, 0.05) is 9.37 Å². The zero-order valence-electron chi connectivity index (χ0n) is 11.0. The van der Waals surface area contributed by atoms with Crippen LogP contribution >= 0.6 is 27.7 Å². The second-order valence-corrected chi connectivity index (χ2v) is 6.20. The van der Waals surface area contributed by atoms with Crippen molar-refractivity contribution in [2.24, 2.45) is 0 Å². The van der Waals surface area contributed by atoms with E-state index in [1.54, 1.807) is 18.2 Å². The number of nitrogens with zero attached hydrogens (tertiary/aromatic N) is 1. The first-order valence-corrected chi connectivity index (χ1v) is 7.83. The van der Waals surface area contributed by atoms with Crippen LogP contribution in [-0.2, 0) is 0 Å². The number of benzene rings is 2. The summed E-state index contributed by atoms with van der Waals surface area (Å²) in [6, 6.07) is 9.42. The number of rotatable bonds is 4. The summed E-state index contributed by atoms with van der Waals surface area (Å²) in [4.78, 5) is 0.744. The average Bonchev–Trinajstić information content (AvgIpc) is 2.45. The van der Waals surface area contributed by atoms with Gasteiger partial charge in [0.1, 0.15) is 17.4 Å². The lowest BCUT2D eigenvalue weighted by Gasteiger charge is -2.11. The Morgan fingerprint density at radius 1 is 1.29 bits per heavy atom. The summed E-state index contributed by atoms with van der Waals surface area (Å²) in [6.45, 7) is 1.96. The van der Waals surface area contributed by atoms with Gasteiger partial charge in [0.15, 0.2) is 11.6 Å². The van der Waals surface area contributed by atoms with E-state index < -0.39 is 11.6 Å². The second-order valence-electron chi connectivity index (χ2n) is 3.98. The van der Waals surface area contributed by atoms with Gasteiger partial charge >= 0.3 is 0 Å². The number of thioether (sulfide) groups is 1. The maximum Gasteiger partial charge on any atom is 0.201 e. The van der Waals surface area contributed by atoms with Crippen molar-refractivity contribution in [1.29, 1.82) is 5.26 Å². The number of hydrogen-bond acceptors (Lipinski definition) is 3. The van der Waals surface area contributed by atoms with Crippen LogP contribution in [0.1, 0.15) is 12.5 Å². The van der Waals surface area contributed by atoms with E-state index in [0.717, 1.165) is 16.7 Å². The van der Waals surface area contributed by atoms with E-state index in [4.69, 9.17) is 4.74 Å². The first-order valence-electron chi connectivity index (χ1n) is 6.05. The van der Waals surface area contributed by atoms with E-state index in [-0.39, 0.29) is 11.5 Å². The summed E-state index contributed by atoms with van der Waals surface area (Å²) >= 11 is 4.56. The van der Waals surface area contributed by atoms with Gasteiger partial charge in [-0.05, 0) is 30.0 Å². The smallest absolute Gasteiger partial charge is 0.201 e. The summed E-state index contributed by atoms with van der Waals surface area (Å²) < 4.78 is 32.9. The van der Waals surface area contributed by atoms with Crippen LogP contribution in [-0.4, -0.2) is 5.75 Å². The number of nitriles is 1. The first-order chi connectivity index (χ1) is 10.1. The Morgan fingerprint density at radius 2 is 2.05 bits per heavy atom. The molecule has 0 saturated carbocycles. The SMILES string of the molecule is CCSc1cccc(Oc2cc(Br)cc(F)c2F)c1C#N. The van der Waals surface area contributed by atoms with E-state index in [2.05, 4.69) is 15.9 Å². The molecule has 0 spiro atoms. The summed E-state index contributed by atoms with van der Waals surface area (Å²) in [5, 5.41) is 9.26. The van der Waals surface area contributed by atoms with Crippen LogP contribution in [0.25, 0.3) is 0 Å². The quantitative estimate of drug-likeness (QED) is 0.526. The molecule has 0 aliphatic rings. The molecule has 0 bridgehead atoms. The highest BCUT2D eigenvalue weighted by Gasteiger charge is 2.15. The molecule has 0 saturated heterocycles. The lowest BCUT2D eigenvalue weighted by Crippen LogP contribution is -1.95. The van der Waals surface area contributed by atoms with Gasteiger partial charge in [0.25, 0.3) is 0 Å². The third-order valence-corrected chi connectivity index (χ3v) is 3.98. The van der Waals surface area contributed by atoms with Crippen molar-refractivity contribution in [1.82, 2.24) is 0 Å². The van der Waals surface area contributed by atoms with Crippen molar-refractivity contribution in [3.05, 3.63) is 52.0 Å². The average molecular weight is 370 g/mol. The molecule has 2 aromatic rings. The minimum Gasteiger partial charge on any atom is -0.453 e. The first kappa shape index (κ1) is 15.8. The lowest BCUT2D eigenvalue weighted by molar-refractivity contribution is 0.414. The van der Waals surface area contributed by atoms with Crippen molar-refractivity contribution >= 4 is 27.7 Å². The van der Waals surface area contributed by atoms with Gasteiger partial charge in [-0.25, -0.2) is 4.39 Å². The number of halogens is 3. The molecule has 2 rings (SSSR count). The Labute approximate surface area is 133 Å². The van der Waals surface area contributed by atoms with Gasteiger partial charge in [-0.3, -0.25) is 0 Å². The van der Waals surface area contributed by atoms with Crippen molar-refractivity contribution in [2.75, 3.05) is 5.75 Å². The molecule has 6 heteroatoms. The van der Waals surface area contributed by atoms with E-state index in [1.165, 1.54) is 17.8 Å². The van der Waals surface area contributed by atoms with Crippen LogP contribution < -0.4 is 4.74 Å². The standard InChI is InChI=1S/C15H10BrF2NOS/c1-2-21-14-5-3-4-12(10(14)8-19)20-13-7-9(16)6-11(17)15(13)18/h3-7H,2H2,1H3. The highest BCUT2D eigenvalue weighted by Crippen LogP contribution is 2.34. The molecule has 0 fully saturated rings. The van der Waals surface area contributed by atoms with Crippen molar-refractivity contribution in [2.45, 2.75) is 11.8 Å². The van der Waals surface area contributed by atoms with Gasteiger partial charge < -0.3 is 4.74 Å². The van der Waals surface area contributed by atoms with Gasteiger partial charge in [-0.15, -0.1) is 11.8 Å². The van der Waals surface area contributed by atoms with Crippen molar-refractivity contribution in [3.63, 3.8) is 0 Å². The molecular weight excluding hydrogens is 360 g/mol. The van der Waals surface area contributed by atoms with E-state index in [1.807, 2.05) is 13.0 Å². The lowest BCUT2D eigenvalue weighted by atomic mass is 10.2. The molecule has 0 N–H and O–H groups in total. The molecule has 0 amide bonds. The monoisotopic (exact) mass is 369 g/mol. The molecule has 0 unspecified atom stereocenters. The second kappa shape index (κ2) is 6.92. The zero-order chi connectivity index (χ0) is 15.4. The van der Waals surface area contributed by atoms with Gasteiger partial charge in [-0.1, -0.05) is 28.9 Å². The van der Waals surface area contributed by atoms with Crippen LogP contribution in [0, 0.1) is 23.0 Å². The molecule has 0 aliphatic heterocycles. The molecule has 0 aromatic heterocycles. The molecule has 0 atom stereocenters. The van der Waals surface area contributed by atoms with Crippen LogP contribution in [0.5, 0.6) is 11.5 Å². The normalized spacial score (nSPS) is 10.2. The summed E-state index contributed by atoms with van der Waals surface area (Å²) in [5.74, 6) is -1.38. The highest BCUT2D eigenvalue weighted by atomic mass is 79.9. The maximum absolute atomic E-state index is 13.7. The highest BCUT2D eigenvalue weighted by molar-refractivity contribution is 9.10. The maximum atomic E-state index is 13.7. The largest absolute Gasteiger partial charge is 0.453 e. The predicted octanol–water partition coefficient (Wildman–Crippen LogP) is 5.50. The Morgan fingerprint density at radius 3 is 2.71 bits per heavy atom. The zero-order valence-corrected chi connectivity index (χ0v) is 13.4. The third kappa shape index (κ3) is 3.55. The fraction of sp³-hybridized carbons (Fsp3) is 0.133. The molecule has 0 radical (unpaired) electrons. The Balaban J connectivity index is 2.45.